The highest BCUT2D eigenvalue weighted by Crippen LogP contribution is 2.45. The Morgan fingerprint density at radius 2 is 1.78 bits per heavy atom. The fourth-order valence-electron chi connectivity index (χ4n) is 2.86. The van der Waals surface area contributed by atoms with E-state index in [1.165, 1.54) is 0 Å². The molecule has 5 heteroatoms. The maximum Gasteiger partial charge on any atom is 0.314 e. The standard InChI is InChI=1S/C13H22O5/c1-3-16-11(14)12(10-15-2)4-6-13(7-5-12)17-8-9-18-13/h3-10H2,1-2H3. The number of esters is 1. The molecular formula is C13H22O5. The molecule has 0 atom stereocenters. The lowest BCUT2D eigenvalue weighted by Crippen LogP contribution is -2.46. The second-order valence-electron chi connectivity index (χ2n) is 5.04. The Balaban J connectivity index is 2.02. The fourth-order valence-corrected chi connectivity index (χ4v) is 2.86. The molecule has 1 saturated heterocycles. The second kappa shape index (κ2) is 5.55. The van der Waals surface area contributed by atoms with Crippen LogP contribution < -0.4 is 0 Å². The molecule has 0 amide bonds. The third-order valence-corrected chi connectivity index (χ3v) is 3.91. The first-order valence-corrected chi connectivity index (χ1v) is 6.60. The predicted molar refractivity (Wildman–Crippen MR) is 64.0 cm³/mol. The molecule has 0 radical (unpaired) electrons. The Morgan fingerprint density at radius 3 is 2.28 bits per heavy atom. The lowest BCUT2D eigenvalue weighted by atomic mass is 9.72. The van der Waals surface area contributed by atoms with Crippen LogP contribution in [0.5, 0.6) is 0 Å². The van der Waals surface area contributed by atoms with Gasteiger partial charge in [0.15, 0.2) is 5.79 Å². The molecule has 1 saturated carbocycles. The molecule has 5 nitrogen and oxygen atoms in total. The summed E-state index contributed by atoms with van der Waals surface area (Å²) in [6.45, 7) is 3.93. The highest BCUT2D eigenvalue weighted by molar-refractivity contribution is 5.77. The van der Waals surface area contributed by atoms with Crippen molar-refractivity contribution in [2.75, 3.05) is 33.5 Å². The topological polar surface area (TPSA) is 54.0 Å². The summed E-state index contributed by atoms with van der Waals surface area (Å²) >= 11 is 0. The van der Waals surface area contributed by atoms with Gasteiger partial charge in [0.25, 0.3) is 0 Å². The summed E-state index contributed by atoms with van der Waals surface area (Å²) in [6.07, 6.45) is 2.85. The molecule has 1 aliphatic heterocycles. The number of ether oxygens (including phenoxy) is 4. The van der Waals surface area contributed by atoms with Crippen LogP contribution in [0, 0.1) is 5.41 Å². The van der Waals surface area contributed by atoms with Gasteiger partial charge in [0.2, 0.25) is 0 Å². The van der Waals surface area contributed by atoms with Crippen LogP contribution in [0.2, 0.25) is 0 Å². The first-order chi connectivity index (χ1) is 8.66. The third kappa shape index (κ3) is 2.53. The molecule has 1 aliphatic carbocycles. The molecule has 18 heavy (non-hydrogen) atoms. The quantitative estimate of drug-likeness (QED) is 0.715. The van der Waals surface area contributed by atoms with Gasteiger partial charge in [-0.15, -0.1) is 0 Å². The Morgan fingerprint density at radius 1 is 1.17 bits per heavy atom. The van der Waals surface area contributed by atoms with Crippen molar-refractivity contribution in [2.24, 2.45) is 5.41 Å². The number of rotatable bonds is 4. The summed E-state index contributed by atoms with van der Waals surface area (Å²) in [4.78, 5) is 12.1. The van der Waals surface area contributed by atoms with Crippen molar-refractivity contribution in [3.8, 4) is 0 Å². The summed E-state index contributed by atoms with van der Waals surface area (Å²) in [5, 5.41) is 0. The second-order valence-corrected chi connectivity index (χ2v) is 5.04. The highest BCUT2D eigenvalue weighted by atomic mass is 16.7. The lowest BCUT2D eigenvalue weighted by Gasteiger charge is -2.41. The van der Waals surface area contributed by atoms with Gasteiger partial charge in [0.05, 0.1) is 31.8 Å². The Labute approximate surface area is 108 Å². The first-order valence-electron chi connectivity index (χ1n) is 6.60. The average molecular weight is 258 g/mol. The Hall–Kier alpha value is -0.650. The van der Waals surface area contributed by atoms with Gasteiger partial charge >= 0.3 is 5.97 Å². The van der Waals surface area contributed by atoms with E-state index in [-0.39, 0.29) is 5.97 Å². The monoisotopic (exact) mass is 258 g/mol. The smallest absolute Gasteiger partial charge is 0.314 e. The van der Waals surface area contributed by atoms with Crippen LogP contribution in [0.4, 0.5) is 0 Å². The number of hydrogen-bond donors (Lipinski definition) is 0. The van der Waals surface area contributed by atoms with Gasteiger partial charge in [-0.25, -0.2) is 0 Å². The summed E-state index contributed by atoms with van der Waals surface area (Å²) in [5.74, 6) is -0.608. The summed E-state index contributed by atoms with van der Waals surface area (Å²) in [7, 11) is 1.62. The molecule has 2 rings (SSSR count). The molecule has 0 aromatic rings. The van der Waals surface area contributed by atoms with E-state index in [1.54, 1.807) is 7.11 Å². The van der Waals surface area contributed by atoms with E-state index >= 15 is 0 Å². The van der Waals surface area contributed by atoms with Crippen LogP contribution in [0.25, 0.3) is 0 Å². The van der Waals surface area contributed by atoms with E-state index in [1.807, 2.05) is 6.92 Å². The maximum absolute atomic E-state index is 12.1. The van der Waals surface area contributed by atoms with E-state index in [0.717, 1.165) is 12.8 Å². The molecule has 104 valence electrons. The van der Waals surface area contributed by atoms with E-state index in [4.69, 9.17) is 18.9 Å². The van der Waals surface area contributed by atoms with E-state index in [9.17, 15) is 4.79 Å². The molecule has 0 bridgehead atoms. The summed E-state index contributed by atoms with van der Waals surface area (Å²) in [5.41, 5.74) is -0.522. The zero-order chi connectivity index (χ0) is 13.1. The van der Waals surface area contributed by atoms with E-state index in [0.29, 0.717) is 39.3 Å². The van der Waals surface area contributed by atoms with Crippen molar-refractivity contribution in [1.82, 2.24) is 0 Å². The molecule has 1 spiro atoms. The third-order valence-electron chi connectivity index (χ3n) is 3.91. The largest absolute Gasteiger partial charge is 0.465 e. The minimum Gasteiger partial charge on any atom is -0.465 e. The maximum atomic E-state index is 12.1. The normalized spacial score (nSPS) is 25.2. The lowest BCUT2D eigenvalue weighted by molar-refractivity contribution is -0.203. The van der Waals surface area contributed by atoms with Gasteiger partial charge in [-0.2, -0.15) is 0 Å². The number of hydrogen-bond acceptors (Lipinski definition) is 5. The van der Waals surface area contributed by atoms with Crippen LogP contribution >= 0.6 is 0 Å². The SMILES string of the molecule is CCOC(=O)C1(COC)CCC2(CC1)OCCO2. The average Bonchev–Trinajstić information content (AvgIpc) is 2.82. The van der Waals surface area contributed by atoms with Gasteiger partial charge in [-0.1, -0.05) is 0 Å². The van der Waals surface area contributed by atoms with Crippen molar-refractivity contribution in [3.05, 3.63) is 0 Å². The molecular weight excluding hydrogens is 236 g/mol. The van der Waals surface area contributed by atoms with Crippen LogP contribution in [0.3, 0.4) is 0 Å². The van der Waals surface area contributed by atoms with Gasteiger partial charge in [-0.3, -0.25) is 4.79 Å². The Kier molecular flexibility index (Phi) is 4.25. The van der Waals surface area contributed by atoms with Crippen LogP contribution in [0.15, 0.2) is 0 Å². The van der Waals surface area contributed by atoms with E-state index < -0.39 is 11.2 Å². The van der Waals surface area contributed by atoms with Crippen LogP contribution in [-0.2, 0) is 23.7 Å². The van der Waals surface area contributed by atoms with Crippen LogP contribution in [-0.4, -0.2) is 45.3 Å². The number of methoxy groups -OCH3 is 1. The summed E-state index contributed by atoms with van der Waals surface area (Å²) in [6, 6.07) is 0. The molecule has 0 N–H and O–H groups in total. The molecule has 0 unspecified atom stereocenters. The highest BCUT2D eigenvalue weighted by Gasteiger charge is 2.50. The molecule has 2 fully saturated rings. The van der Waals surface area contributed by atoms with Gasteiger partial charge in [0, 0.05) is 20.0 Å². The Bertz CT molecular complexity index is 286. The fraction of sp³-hybridized carbons (Fsp3) is 0.923. The summed E-state index contributed by atoms with van der Waals surface area (Å²) < 4.78 is 21.8. The van der Waals surface area contributed by atoms with Gasteiger partial charge in [-0.05, 0) is 19.8 Å². The molecule has 0 aromatic heterocycles. The zero-order valence-corrected chi connectivity index (χ0v) is 11.2. The van der Waals surface area contributed by atoms with Gasteiger partial charge < -0.3 is 18.9 Å². The van der Waals surface area contributed by atoms with Crippen molar-refractivity contribution < 1.29 is 23.7 Å². The zero-order valence-electron chi connectivity index (χ0n) is 11.2. The molecule has 0 aromatic carbocycles. The molecule has 1 heterocycles. The minimum atomic E-state index is -0.522. The van der Waals surface area contributed by atoms with Crippen molar-refractivity contribution in [3.63, 3.8) is 0 Å². The number of carbonyl (C=O) groups is 1. The predicted octanol–water partition coefficient (Wildman–Crippen LogP) is 1.50. The first kappa shape index (κ1) is 13.8. The van der Waals surface area contributed by atoms with E-state index in [2.05, 4.69) is 0 Å². The van der Waals surface area contributed by atoms with Crippen LogP contribution in [0.1, 0.15) is 32.6 Å². The minimum absolute atomic E-state index is 0.153. The number of carbonyl (C=O) groups excluding carboxylic acids is 1. The molecule has 2 aliphatic rings. The van der Waals surface area contributed by atoms with Crippen molar-refractivity contribution in [2.45, 2.75) is 38.4 Å². The van der Waals surface area contributed by atoms with Crippen molar-refractivity contribution in [1.29, 1.82) is 0 Å². The van der Waals surface area contributed by atoms with Crippen molar-refractivity contribution >= 4 is 5.97 Å². The van der Waals surface area contributed by atoms with Gasteiger partial charge in [0.1, 0.15) is 0 Å².